The summed E-state index contributed by atoms with van der Waals surface area (Å²) >= 11 is 3.83. The minimum atomic E-state index is 0.0309. The van der Waals surface area contributed by atoms with E-state index in [-0.39, 0.29) is 4.32 Å². The van der Waals surface area contributed by atoms with E-state index in [0.29, 0.717) is 11.5 Å². The van der Waals surface area contributed by atoms with Gasteiger partial charge in [-0.05, 0) is 57.0 Å². The summed E-state index contributed by atoms with van der Waals surface area (Å²) in [4.78, 5) is 2.62. The van der Waals surface area contributed by atoms with Crippen LogP contribution in [0.2, 0.25) is 0 Å². The summed E-state index contributed by atoms with van der Waals surface area (Å²) in [5.41, 5.74) is 4.75. The third-order valence-corrected chi connectivity index (χ3v) is 6.12. The molecule has 0 aromatic heterocycles. The Kier molecular flexibility index (Phi) is 3.55. The van der Waals surface area contributed by atoms with Crippen LogP contribution in [-0.4, -0.2) is 38.9 Å². The van der Waals surface area contributed by atoms with E-state index < -0.39 is 0 Å². The first-order valence-corrected chi connectivity index (χ1v) is 9.18. The molecule has 0 radical (unpaired) electrons. The number of piperidine rings is 1. The van der Waals surface area contributed by atoms with E-state index in [4.69, 9.17) is 4.74 Å². The molecule has 3 heterocycles. The van der Waals surface area contributed by atoms with Crippen LogP contribution in [0.4, 0.5) is 5.69 Å². The van der Waals surface area contributed by atoms with Crippen molar-refractivity contribution in [3.05, 3.63) is 29.3 Å². The van der Waals surface area contributed by atoms with E-state index in [1.807, 2.05) is 0 Å². The lowest BCUT2D eigenvalue weighted by molar-refractivity contribution is 0.00741. The zero-order valence-electron chi connectivity index (χ0n) is 13.5. The maximum absolute atomic E-state index is 5.45. The van der Waals surface area contributed by atoms with Crippen molar-refractivity contribution in [2.45, 2.75) is 42.5 Å². The number of fused-ring (bicyclic) bond motifs is 2. The molecule has 22 heavy (non-hydrogen) atoms. The predicted molar refractivity (Wildman–Crippen MR) is 94.1 cm³/mol. The van der Waals surface area contributed by atoms with Gasteiger partial charge in [0.05, 0.1) is 19.3 Å². The van der Waals surface area contributed by atoms with Crippen molar-refractivity contribution in [2.24, 2.45) is 0 Å². The van der Waals surface area contributed by atoms with Gasteiger partial charge in [-0.25, -0.2) is 0 Å². The molecule has 3 aliphatic heterocycles. The fourth-order valence-electron chi connectivity index (χ4n) is 4.14. The van der Waals surface area contributed by atoms with Crippen molar-refractivity contribution in [2.75, 3.05) is 37.7 Å². The van der Waals surface area contributed by atoms with Crippen LogP contribution in [0.25, 0.3) is 0 Å². The highest BCUT2D eigenvalue weighted by Gasteiger charge is 2.46. The van der Waals surface area contributed by atoms with Crippen LogP contribution in [0.1, 0.15) is 37.8 Å². The molecular weight excluding hydrogens is 340 g/mol. The van der Waals surface area contributed by atoms with Gasteiger partial charge >= 0.3 is 0 Å². The van der Waals surface area contributed by atoms with Crippen molar-refractivity contribution in [1.29, 1.82) is 0 Å². The van der Waals surface area contributed by atoms with E-state index in [2.05, 4.69) is 58.2 Å². The van der Waals surface area contributed by atoms with Crippen LogP contribution in [0, 0.1) is 0 Å². The Balaban J connectivity index is 1.78. The Hall–Kier alpha value is -0.580. The van der Waals surface area contributed by atoms with Crippen molar-refractivity contribution in [1.82, 2.24) is 5.32 Å². The molecule has 1 aromatic carbocycles. The van der Waals surface area contributed by atoms with Gasteiger partial charge in [-0.1, -0.05) is 28.1 Å². The number of benzene rings is 1. The lowest BCUT2D eigenvalue weighted by atomic mass is 9.74. The van der Waals surface area contributed by atoms with E-state index in [1.54, 1.807) is 5.56 Å². The van der Waals surface area contributed by atoms with E-state index in [0.717, 1.165) is 26.3 Å². The zero-order valence-corrected chi connectivity index (χ0v) is 15.1. The molecule has 4 heteroatoms. The topological polar surface area (TPSA) is 24.5 Å². The summed E-state index contributed by atoms with van der Waals surface area (Å²) in [5, 5.41) is 3.53. The molecule has 1 N–H and O–H groups in total. The van der Waals surface area contributed by atoms with Crippen LogP contribution in [0.3, 0.4) is 0 Å². The maximum Gasteiger partial charge on any atom is 0.0757 e. The number of nitrogens with one attached hydrogen (secondary N) is 1. The summed E-state index contributed by atoms with van der Waals surface area (Å²) in [6.45, 7) is 9.68. The lowest BCUT2D eigenvalue weighted by Gasteiger charge is -2.39. The second-order valence-electron chi connectivity index (χ2n) is 7.55. The fraction of sp³-hybridized carbons (Fsp3) is 0.667. The van der Waals surface area contributed by atoms with E-state index >= 15 is 0 Å². The first-order chi connectivity index (χ1) is 10.5. The van der Waals surface area contributed by atoms with Gasteiger partial charge in [-0.3, -0.25) is 0 Å². The molecule has 0 saturated carbocycles. The number of nitrogens with zero attached hydrogens (tertiary/aromatic N) is 1. The van der Waals surface area contributed by atoms with Gasteiger partial charge in [-0.15, -0.1) is 0 Å². The van der Waals surface area contributed by atoms with Crippen LogP contribution < -0.4 is 10.2 Å². The quantitative estimate of drug-likeness (QED) is 0.815. The molecule has 0 atom stereocenters. The Morgan fingerprint density at radius 1 is 1.27 bits per heavy atom. The third-order valence-electron chi connectivity index (χ3n) is 5.66. The first kappa shape index (κ1) is 15.0. The Labute approximate surface area is 141 Å². The van der Waals surface area contributed by atoms with Gasteiger partial charge in [0.2, 0.25) is 0 Å². The molecule has 120 valence electrons. The summed E-state index contributed by atoms with van der Waals surface area (Å²) in [5.74, 6) is 0. The minimum absolute atomic E-state index is 0.0309. The molecular formula is C18H25BrN2O. The average molecular weight is 365 g/mol. The number of halogens is 1. The molecule has 1 spiro atoms. The van der Waals surface area contributed by atoms with Crippen LogP contribution in [0.5, 0.6) is 0 Å². The number of rotatable bonds is 2. The fourth-order valence-corrected chi connectivity index (χ4v) is 4.39. The van der Waals surface area contributed by atoms with Crippen LogP contribution in [-0.2, 0) is 14.5 Å². The molecule has 0 unspecified atom stereocenters. The lowest BCUT2D eigenvalue weighted by Crippen LogP contribution is -2.51. The number of alkyl halides is 1. The van der Waals surface area contributed by atoms with Gasteiger partial charge in [0.15, 0.2) is 0 Å². The second-order valence-corrected chi connectivity index (χ2v) is 9.54. The van der Waals surface area contributed by atoms with Crippen LogP contribution in [0.15, 0.2) is 18.2 Å². The predicted octanol–water partition coefficient (Wildman–Crippen LogP) is 3.16. The third kappa shape index (κ3) is 2.31. The van der Waals surface area contributed by atoms with E-state index in [1.165, 1.54) is 30.6 Å². The molecule has 4 rings (SSSR count). The van der Waals surface area contributed by atoms with Gasteiger partial charge in [0.1, 0.15) is 0 Å². The van der Waals surface area contributed by atoms with Crippen molar-refractivity contribution < 1.29 is 4.74 Å². The van der Waals surface area contributed by atoms with Crippen molar-refractivity contribution in [3.8, 4) is 0 Å². The molecule has 0 amide bonds. The zero-order chi connectivity index (χ0) is 15.4. The molecule has 3 aliphatic rings. The molecule has 1 aromatic rings. The molecule has 0 aliphatic carbocycles. The number of ether oxygens (including phenoxy) is 1. The number of hydrogen-bond donors (Lipinski definition) is 1. The average Bonchev–Trinajstić information content (AvgIpc) is 2.71. The summed E-state index contributed by atoms with van der Waals surface area (Å²) in [6, 6.07) is 7.69. The molecule has 0 bridgehead atoms. The largest absolute Gasteiger partial charge is 0.377 e. The maximum atomic E-state index is 5.45. The number of hydrogen-bond acceptors (Lipinski definition) is 3. The van der Waals surface area contributed by atoms with Gasteiger partial charge < -0.3 is 15.0 Å². The van der Waals surface area contributed by atoms with Crippen molar-refractivity contribution >= 4 is 21.6 Å². The monoisotopic (exact) mass is 364 g/mol. The molecule has 2 saturated heterocycles. The second kappa shape index (κ2) is 5.22. The van der Waals surface area contributed by atoms with E-state index in [9.17, 15) is 0 Å². The van der Waals surface area contributed by atoms with Crippen molar-refractivity contribution in [3.63, 3.8) is 0 Å². The first-order valence-electron chi connectivity index (χ1n) is 8.39. The SMILES string of the molecule is CC(C)(Br)c1ccc2c(c1)C1(CCNCC1)CN2C1COC1. The molecule has 3 nitrogen and oxygen atoms in total. The summed E-state index contributed by atoms with van der Waals surface area (Å²) < 4.78 is 5.49. The highest BCUT2D eigenvalue weighted by atomic mass is 79.9. The van der Waals surface area contributed by atoms with Gasteiger partial charge in [-0.2, -0.15) is 0 Å². The van der Waals surface area contributed by atoms with Gasteiger partial charge in [0.25, 0.3) is 0 Å². The Morgan fingerprint density at radius 3 is 2.59 bits per heavy atom. The minimum Gasteiger partial charge on any atom is -0.377 e. The number of anilines is 1. The normalized spacial score (nSPS) is 24.4. The smallest absolute Gasteiger partial charge is 0.0757 e. The summed E-state index contributed by atoms with van der Waals surface area (Å²) in [6.07, 6.45) is 2.49. The summed E-state index contributed by atoms with van der Waals surface area (Å²) in [7, 11) is 0. The van der Waals surface area contributed by atoms with Crippen LogP contribution >= 0.6 is 15.9 Å². The standard InChI is InChI=1S/C18H25BrN2O/c1-17(2,19)13-3-4-16-15(9-13)18(5-7-20-8-6-18)12-21(16)14-10-22-11-14/h3-4,9,14,20H,5-8,10-12H2,1-2H3. The highest BCUT2D eigenvalue weighted by Crippen LogP contribution is 2.49. The molecule has 2 fully saturated rings. The highest BCUT2D eigenvalue weighted by molar-refractivity contribution is 9.09. The Morgan fingerprint density at radius 2 is 2.00 bits per heavy atom. The Bertz CT molecular complexity index is 571. The van der Waals surface area contributed by atoms with Gasteiger partial charge in [0, 0.05) is 22.0 Å².